The number of cyclic esters (lactones) is 1. The minimum Gasteiger partial charge on any atom is -0.457 e. The Morgan fingerprint density at radius 2 is 2.00 bits per heavy atom. The number of esters is 1. The number of thiazole rings is 1. The molecule has 35 heavy (non-hydrogen) atoms. The highest BCUT2D eigenvalue weighted by molar-refractivity contribution is 7.09. The lowest BCUT2D eigenvalue weighted by Crippen LogP contribution is -2.45. The fourth-order valence-electron chi connectivity index (χ4n) is 4.44. The molecule has 2 heterocycles. The molecule has 0 saturated carbocycles. The van der Waals surface area contributed by atoms with Gasteiger partial charge in [0.2, 0.25) is 0 Å². The number of aromatic nitrogens is 1. The van der Waals surface area contributed by atoms with Gasteiger partial charge in [0, 0.05) is 24.3 Å². The van der Waals surface area contributed by atoms with Crippen molar-refractivity contribution < 1.29 is 24.5 Å². The van der Waals surface area contributed by atoms with E-state index in [0.29, 0.717) is 13.0 Å². The van der Waals surface area contributed by atoms with E-state index < -0.39 is 35.6 Å². The van der Waals surface area contributed by atoms with Crippen molar-refractivity contribution in [3.8, 4) is 0 Å². The number of aliphatic hydroxyl groups excluding tert-OH is 2. The second-order valence-electron chi connectivity index (χ2n) is 10.5. The van der Waals surface area contributed by atoms with Crippen molar-refractivity contribution in [1.82, 2.24) is 4.98 Å². The molecule has 0 aromatic carbocycles. The van der Waals surface area contributed by atoms with E-state index in [1.165, 1.54) is 16.9 Å². The molecule has 0 spiro atoms. The predicted molar refractivity (Wildman–Crippen MR) is 140 cm³/mol. The molecule has 0 fully saturated rings. The highest BCUT2D eigenvalue weighted by Crippen LogP contribution is 2.32. The van der Waals surface area contributed by atoms with E-state index in [-0.39, 0.29) is 18.1 Å². The molecule has 2 rings (SSSR count). The number of carbonyl (C=O) groups excluding carboxylic acids is 2. The summed E-state index contributed by atoms with van der Waals surface area (Å²) in [6.45, 7) is 11.2. The second-order valence-corrected chi connectivity index (χ2v) is 11.4. The van der Waals surface area contributed by atoms with Gasteiger partial charge in [-0.2, -0.15) is 0 Å². The summed E-state index contributed by atoms with van der Waals surface area (Å²) in [7, 11) is 0. The number of nitrogens with zero attached hydrogens (tertiary/aromatic N) is 1. The number of nitrogens with two attached hydrogens (primary N) is 1. The van der Waals surface area contributed by atoms with E-state index in [4.69, 9.17) is 10.5 Å². The summed E-state index contributed by atoms with van der Waals surface area (Å²) >= 11 is 1.48. The van der Waals surface area contributed by atoms with Crippen LogP contribution in [-0.4, -0.2) is 45.3 Å². The average molecular weight is 507 g/mol. The molecule has 0 aliphatic carbocycles. The molecular formula is C27H42N2O5S. The lowest BCUT2D eigenvalue weighted by atomic mass is 9.73. The number of ketones is 1. The van der Waals surface area contributed by atoms with Crippen molar-refractivity contribution in [3.05, 3.63) is 33.3 Å². The number of carbonyl (C=O) groups is 2. The fourth-order valence-corrected chi connectivity index (χ4v) is 5.07. The van der Waals surface area contributed by atoms with Crippen LogP contribution >= 0.6 is 11.3 Å². The van der Waals surface area contributed by atoms with E-state index in [1.54, 1.807) is 20.8 Å². The molecule has 1 aliphatic rings. The first-order valence-electron chi connectivity index (χ1n) is 12.4. The molecule has 0 amide bonds. The second kappa shape index (κ2) is 12.9. The molecule has 1 aliphatic heterocycles. The van der Waals surface area contributed by atoms with Gasteiger partial charge in [-0.1, -0.05) is 39.3 Å². The first kappa shape index (κ1) is 29.4. The van der Waals surface area contributed by atoms with Gasteiger partial charge in [-0.25, -0.2) is 4.98 Å². The maximum absolute atomic E-state index is 13.2. The number of aliphatic hydroxyl groups is 2. The van der Waals surface area contributed by atoms with Crippen LogP contribution in [0.3, 0.4) is 0 Å². The Kier molecular flexibility index (Phi) is 10.8. The molecule has 7 nitrogen and oxygen atoms in total. The number of hydrogen-bond donors (Lipinski definition) is 3. The Morgan fingerprint density at radius 1 is 1.31 bits per heavy atom. The third-order valence-corrected chi connectivity index (χ3v) is 8.04. The fraction of sp³-hybridized carbons (Fsp3) is 0.667. The van der Waals surface area contributed by atoms with Crippen LogP contribution in [0.15, 0.2) is 22.6 Å². The van der Waals surface area contributed by atoms with E-state index >= 15 is 0 Å². The van der Waals surface area contributed by atoms with Crippen LogP contribution in [0.2, 0.25) is 0 Å². The summed E-state index contributed by atoms with van der Waals surface area (Å²) in [5.74, 6) is -1.53. The summed E-state index contributed by atoms with van der Waals surface area (Å²) < 4.78 is 5.81. The Balaban J connectivity index is 2.33. The van der Waals surface area contributed by atoms with Gasteiger partial charge in [0.15, 0.2) is 0 Å². The third kappa shape index (κ3) is 8.07. The molecular weight excluding hydrogens is 464 g/mol. The first-order chi connectivity index (χ1) is 16.4. The molecule has 5 atom stereocenters. The molecule has 0 radical (unpaired) electrons. The lowest BCUT2D eigenvalue weighted by molar-refractivity contribution is -0.154. The number of allylic oxidation sites excluding steroid dienone is 1. The normalized spacial score (nSPS) is 31.5. The smallest absolute Gasteiger partial charge is 0.309 e. The Bertz CT molecular complexity index is 936. The monoisotopic (exact) mass is 506 g/mol. The Hall–Kier alpha value is -1.87. The van der Waals surface area contributed by atoms with Crippen LogP contribution in [0.4, 0.5) is 0 Å². The summed E-state index contributed by atoms with van der Waals surface area (Å²) in [5, 5.41) is 24.4. The number of ether oxygens (including phenoxy) is 1. The molecule has 0 saturated heterocycles. The third-order valence-electron chi connectivity index (χ3n) is 7.15. The molecule has 0 bridgehead atoms. The van der Waals surface area contributed by atoms with Crippen molar-refractivity contribution in [3.63, 3.8) is 0 Å². The topological polar surface area (TPSA) is 123 Å². The van der Waals surface area contributed by atoms with Gasteiger partial charge in [0.05, 0.1) is 29.7 Å². The van der Waals surface area contributed by atoms with Gasteiger partial charge >= 0.3 is 5.97 Å². The van der Waals surface area contributed by atoms with Gasteiger partial charge in [0.25, 0.3) is 0 Å². The Morgan fingerprint density at radius 3 is 2.63 bits per heavy atom. The van der Waals surface area contributed by atoms with Gasteiger partial charge in [-0.15, -0.1) is 11.3 Å². The summed E-state index contributed by atoms with van der Waals surface area (Å²) in [6.07, 6.45) is 4.15. The zero-order chi connectivity index (χ0) is 26.3. The van der Waals surface area contributed by atoms with Gasteiger partial charge < -0.3 is 20.7 Å². The zero-order valence-electron chi connectivity index (χ0n) is 21.9. The minimum atomic E-state index is -1.23. The summed E-state index contributed by atoms with van der Waals surface area (Å²) in [6, 6.07) is 0. The van der Waals surface area contributed by atoms with Crippen LogP contribution in [-0.2, 0) is 20.9 Å². The maximum Gasteiger partial charge on any atom is 0.309 e. The first-order valence-corrected chi connectivity index (χ1v) is 13.3. The maximum atomic E-state index is 13.2. The van der Waals surface area contributed by atoms with Crippen molar-refractivity contribution in [1.29, 1.82) is 0 Å². The van der Waals surface area contributed by atoms with Crippen LogP contribution in [0.5, 0.6) is 0 Å². The zero-order valence-corrected chi connectivity index (χ0v) is 22.7. The molecule has 4 N–H and O–H groups in total. The predicted octanol–water partition coefficient (Wildman–Crippen LogP) is 4.42. The largest absolute Gasteiger partial charge is 0.457 e. The standard InChI is InChI=1S/C27H42N2O5S/c1-16-8-7-9-17(2)25(32)19(4)26(33)27(5,6)22(30)13-24(31)34-21(11-10-16)18(3)12-20-15-35-23(14-28)29-20/h10,12,15,17,19,21-22,25,30,32H,7-9,11,13-14,28H2,1-6H3/b16-10-,18-12?. The van der Waals surface area contributed by atoms with E-state index in [0.717, 1.165) is 35.5 Å². The van der Waals surface area contributed by atoms with Crippen LogP contribution in [0, 0.1) is 17.3 Å². The van der Waals surface area contributed by atoms with E-state index in [9.17, 15) is 19.8 Å². The SMILES string of the molecule is CC(=Cc1csc(CN)n1)C1C/C=C(/C)CCCC(C)C(O)C(C)C(=O)C(C)(C)C(O)CC(=O)O1. The number of rotatable bonds is 3. The van der Waals surface area contributed by atoms with Crippen LogP contribution in [0.25, 0.3) is 6.08 Å². The minimum absolute atomic E-state index is 0.0537. The van der Waals surface area contributed by atoms with Crippen molar-refractivity contribution in [2.24, 2.45) is 23.0 Å². The summed E-state index contributed by atoms with van der Waals surface area (Å²) in [5.41, 5.74) is 7.26. The Labute approximate surface area is 213 Å². The lowest BCUT2D eigenvalue weighted by Gasteiger charge is -2.34. The molecule has 8 heteroatoms. The summed E-state index contributed by atoms with van der Waals surface area (Å²) in [4.78, 5) is 30.5. The van der Waals surface area contributed by atoms with Crippen LogP contribution < -0.4 is 5.73 Å². The van der Waals surface area contributed by atoms with Gasteiger partial charge in [0.1, 0.15) is 16.9 Å². The molecule has 196 valence electrons. The van der Waals surface area contributed by atoms with Gasteiger partial charge in [-0.05, 0) is 50.7 Å². The highest BCUT2D eigenvalue weighted by atomic mass is 32.1. The molecule has 1 aromatic rings. The number of Topliss-reactive ketones (excluding diaryl/α,β-unsaturated/α-hetero) is 1. The average Bonchev–Trinajstić information content (AvgIpc) is 3.26. The van der Waals surface area contributed by atoms with Crippen molar-refractivity contribution in [2.45, 2.75) is 98.5 Å². The quantitative estimate of drug-likeness (QED) is 0.410. The van der Waals surface area contributed by atoms with Gasteiger partial charge in [-0.3, -0.25) is 9.59 Å². The van der Waals surface area contributed by atoms with E-state index in [2.05, 4.69) is 18.0 Å². The van der Waals surface area contributed by atoms with Crippen molar-refractivity contribution >= 4 is 29.2 Å². The highest BCUT2D eigenvalue weighted by Gasteiger charge is 2.42. The number of hydrogen-bond acceptors (Lipinski definition) is 8. The van der Waals surface area contributed by atoms with E-state index in [1.807, 2.05) is 25.3 Å². The van der Waals surface area contributed by atoms with Crippen LogP contribution in [0.1, 0.15) is 84.3 Å². The molecule has 1 aromatic heterocycles. The molecule has 5 unspecified atom stereocenters. The van der Waals surface area contributed by atoms with Crippen molar-refractivity contribution in [2.75, 3.05) is 0 Å².